The maximum atomic E-state index is 9.00. The predicted octanol–water partition coefficient (Wildman–Crippen LogP) is -1.69. The molecule has 9 heteroatoms. The average molecular weight is 243 g/mol. The summed E-state index contributed by atoms with van der Waals surface area (Å²) in [5, 5.41) is 0. The van der Waals surface area contributed by atoms with Gasteiger partial charge in [0.25, 0.3) is 0 Å². The molecular weight excluding hydrogens is 235 g/mol. The Labute approximate surface area is 78.1 Å². The van der Waals surface area contributed by atoms with E-state index in [0.717, 1.165) is 0 Å². The van der Waals surface area contributed by atoms with Gasteiger partial charge in [-0.2, -0.15) is 0 Å². The van der Waals surface area contributed by atoms with E-state index in [4.69, 9.17) is 4.79 Å². The molecule has 0 heterocycles. The Balaban J connectivity index is -0.00000000300. The second-order valence-electron chi connectivity index (χ2n) is 0.402. The van der Waals surface area contributed by atoms with Crippen LogP contribution in [0.5, 0.6) is 0 Å². The number of hydrogen-bond donors (Lipinski definition) is 2. The summed E-state index contributed by atoms with van der Waals surface area (Å²) in [6.45, 7) is 0. The van der Waals surface area contributed by atoms with Gasteiger partial charge in [-0.3, -0.25) is 0 Å². The molecule has 0 atom stereocenters. The average Bonchev–Trinajstić information content (AvgIpc) is 0.811. The first kappa shape index (κ1) is 86.4. The van der Waals surface area contributed by atoms with Crippen molar-refractivity contribution in [2.75, 3.05) is 0 Å². The fourth-order valence-corrected chi connectivity index (χ4v) is 0. The van der Waals surface area contributed by atoms with E-state index in [-0.39, 0.29) is 55.5 Å². The molecule has 0 saturated carbocycles. The van der Waals surface area contributed by atoms with Gasteiger partial charge in [0.2, 0.25) is 0 Å². The summed E-state index contributed by atoms with van der Waals surface area (Å²) in [5.41, 5.74) is 8.50. The molecule has 0 aromatic carbocycles. The summed E-state index contributed by atoms with van der Waals surface area (Å²) in [4.78, 5) is 9.00. The van der Waals surface area contributed by atoms with Crippen LogP contribution in [-0.4, -0.2) is 27.9 Å². The van der Waals surface area contributed by atoms with Gasteiger partial charge in [-0.05, 0) is 0 Å². The van der Waals surface area contributed by atoms with E-state index < -0.39 is 6.03 Å². The first-order chi connectivity index (χ1) is 1.73. The zero-order valence-corrected chi connectivity index (χ0v) is 6.61. The summed E-state index contributed by atoms with van der Waals surface area (Å²) >= 11 is 0. The van der Waals surface area contributed by atoms with Crippen molar-refractivity contribution in [3.05, 3.63) is 0 Å². The largest absolute Gasteiger partial charge is 2.00 e. The van der Waals surface area contributed by atoms with Crippen molar-refractivity contribution < 1.29 is 60.3 Å². The van der Waals surface area contributed by atoms with E-state index >= 15 is 0 Å². The Morgan fingerprint density at radius 3 is 0.900 bits per heavy atom. The number of carbonyl (C=O) groups is 1. The third-order valence-electron chi connectivity index (χ3n) is 0. The molecule has 0 aliphatic carbocycles. The number of carbonyl (C=O) groups excluding carboxylic acids is 1. The Morgan fingerprint density at radius 2 is 0.900 bits per heavy atom. The van der Waals surface area contributed by atoms with Crippen LogP contribution in [-0.2, 0) is 33.6 Å². The standard InChI is InChI=1S/CH4N2O.Fe.Ni.4H2O/c2-1(3)4;;;;;;/h(H4,2,3,4);;;4*1H2/q;2*+2;;;;/p-4. The van der Waals surface area contributed by atoms with Crippen molar-refractivity contribution in [1.82, 2.24) is 0 Å². The Hall–Kier alpha value is 0.123. The van der Waals surface area contributed by atoms with Crippen molar-refractivity contribution in [1.29, 1.82) is 0 Å². The van der Waals surface area contributed by atoms with Crippen LogP contribution in [0.3, 0.4) is 0 Å². The number of urea groups is 1. The van der Waals surface area contributed by atoms with Gasteiger partial charge in [0.05, 0.1) is 0 Å². The van der Waals surface area contributed by atoms with Crippen molar-refractivity contribution in [3.63, 3.8) is 0 Å². The summed E-state index contributed by atoms with van der Waals surface area (Å²) in [7, 11) is 0. The zero-order chi connectivity index (χ0) is 3.58. The second-order valence-corrected chi connectivity index (χ2v) is 0.402. The minimum Gasteiger partial charge on any atom is -0.870 e. The SMILES string of the molecule is NC(N)=O.[Fe+2].[Ni+2].[OH-].[OH-].[OH-].[OH-]. The van der Waals surface area contributed by atoms with Gasteiger partial charge in [-0.1, -0.05) is 0 Å². The third-order valence-corrected chi connectivity index (χ3v) is 0. The molecule has 10 heavy (non-hydrogen) atoms. The van der Waals surface area contributed by atoms with Crippen molar-refractivity contribution in [2.45, 2.75) is 0 Å². The fourth-order valence-electron chi connectivity index (χ4n) is 0. The molecule has 0 unspecified atom stereocenters. The van der Waals surface area contributed by atoms with Crippen molar-refractivity contribution in [3.8, 4) is 0 Å². The van der Waals surface area contributed by atoms with Gasteiger partial charge in [-0.15, -0.1) is 0 Å². The van der Waals surface area contributed by atoms with Crippen molar-refractivity contribution >= 4 is 6.03 Å². The number of nitrogens with two attached hydrogens (primary N) is 2. The van der Waals surface area contributed by atoms with Gasteiger partial charge in [0, 0.05) is 0 Å². The molecule has 0 radical (unpaired) electrons. The van der Waals surface area contributed by atoms with E-state index in [1.807, 2.05) is 0 Å². The molecule has 0 aliphatic rings. The predicted molar refractivity (Wildman–Crippen MR) is 21.5 cm³/mol. The molecule has 7 nitrogen and oxygen atoms in total. The maximum absolute atomic E-state index is 9.00. The summed E-state index contributed by atoms with van der Waals surface area (Å²) < 4.78 is 0. The van der Waals surface area contributed by atoms with E-state index in [2.05, 4.69) is 11.5 Å². The van der Waals surface area contributed by atoms with Crippen LogP contribution in [0.4, 0.5) is 4.79 Å². The Morgan fingerprint density at radius 1 is 0.900 bits per heavy atom. The molecule has 8 N–H and O–H groups in total. The molecule has 0 aliphatic heterocycles. The smallest absolute Gasteiger partial charge is 0.870 e. The fraction of sp³-hybridized carbons (Fsp3) is 0. The van der Waals surface area contributed by atoms with E-state index in [0.29, 0.717) is 0 Å². The maximum Gasteiger partial charge on any atom is 2.00 e. The molecule has 0 bridgehead atoms. The van der Waals surface area contributed by atoms with Crippen LogP contribution >= 0.6 is 0 Å². The van der Waals surface area contributed by atoms with Crippen LogP contribution in [0.2, 0.25) is 0 Å². The summed E-state index contributed by atoms with van der Waals surface area (Å²) in [5.74, 6) is 0. The van der Waals surface area contributed by atoms with Crippen LogP contribution in [0.1, 0.15) is 0 Å². The first-order valence-electron chi connectivity index (χ1n) is 0.781. The summed E-state index contributed by atoms with van der Waals surface area (Å²) in [6, 6.07) is -0.833. The quantitative estimate of drug-likeness (QED) is 0.478. The van der Waals surface area contributed by atoms with Gasteiger partial charge < -0.3 is 33.4 Å². The van der Waals surface area contributed by atoms with Gasteiger partial charge in [0.15, 0.2) is 0 Å². The molecular formula is CH8FeN2NiO5. The topological polar surface area (TPSA) is 189 Å². The van der Waals surface area contributed by atoms with E-state index in [1.165, 1.54) is 0 Å². The molecule has 0 spiro atoms. The number of rotatable bonds is 0. The summed E-state index contributed by atoms with van der Waals surface area (Å²) in [6.07, 6.45) is 0. The van der Waals surface area contributed by atoms with E-state index in [9.17, 15) is 0 Å². The van der Waals surface area contributed by atoms with Gasteiger partial charge in [0.1, 0.15) is 0 Å². The Kier molecular flexibility index (Phi) is 533. The molecule has 0 saturated heterocycles. The second kappa shape index (κ2) is 61.7. The third kappa shape index (κ3) is 27200. The van der Waals surface area contributed by atoms with Crippen LogP contribution < -0.4 is 11.5 Å². The molecule has 0 rings (SSSR count). The van der Waals surface area contributed by atoms with Crippen LogP contribution in [0, 0.1) is 0 Å². The zero-order valence-electron chi connectivity index (χ0n) is 4.52. The first-order valence-corrected chi connectivity index (χ1v) is 0.781. The normalized spacial score (nSPS) is 2.40. The molecule has 0 aromatic rings. The Bertz CT molecular complexity index is 42.6. The number of hydrogen-bond acceptors (Lipinski definition) is 5. The molecule has 0 aromatic heterocycles. The number of primary amides is 2. The monoisotopic (exact) mass is 242 g/mol. The van der Waals surface area contributed by atoms with E-state index in [1.54, 1.807) is 0 Å². The minimum atomic E-state index is -0.833. The van der Waals surface area contributed by atoms with Gasteiger partial charge >= 0.3 is 39.6 Å². The van der Waals surface area contributed by atoms with Gasteiger partial charge in [-0.25, -0.2) is 4.79 Å². The van der Waals surface area contributed by atoms with Crippen LogP contribution in [0.25, 0.3) is 0 Å². The minimum absolute atomic E-state index is 0. The molecule has 0 fully saturated rings. The molecule has 2 amide bonds. The van der Waals surface area contributed by atoms with Crippen LogP contribution in [0.15, 0.2) is 0 Å². The molecule has 70 valence electrons. The van der Waals surface area contributed by atoms with Crippen molar-refractivity contribution in [2.24, 2.45) is 11.5 Å². The number of amides is 2.